The Morgan fingerprint density at radius 3 is 2.59 bits per heavy atom. The van der Waals surface area contributed by atoms with Crippen LogP contribution in [0.3, 0.4) is 0 Å². The van der Waals surface area contributed by atoms with E-state index in [-0.39, 0.29) is 11.6 Å². The zero-order valence-corrected chi connectivity index (χ0v) is 19.4. The Hall–Kier alpha value is -4.16. The van der Waals surface area contributed by atoms with E-state index in [0.29, 0.717) is 40.0 Å². The van der Waals surface area contributed by atoms with Gasteiger partial charge < -0.3 is 14.5 Å². The van der Waals surface area contributed by atoms with E-state index in [0.717, 1.165) is 16.7 Å². The highest BCUT2D eigenvalue weighted by Gasteiger charge is 2.09. The van der Waals surface area contributed by atoms with Gasteiger partial charge in [-0.25, -0.2) is 15.0 Å². The smallest absolute Gasteiger partial charge is 0.316 e. The normalized spacial score (nSPS) is 10.5. The maximum Gasteiger partial charge on any atom is 0.316 e. The molecule has 0 spiro atoms. The Morgan fingerprint density at radius 2 is 1.88 bits per heavy atom. The fourth-order valence-corrected chi connectivity index (χ4v) is 3.94. The van der Waals surface area contributed by atoms with Gasteiger partial charge in [-0.3, -0.25) is 4.79 Å². The van der Waals surface area contributed by atoms with Crippen molar-refractivity contribution in [3.8, 4) is 23.6 Å². The summed E-state index contributed by atoms with van der Waals surface area (Å²) in [4.78, 5) is 27.8. The third-order valence-electron chi connectivity index (χ3n) is 4.87. The predicted molar refractivity (Wildman–Crippen MR) is 128 cm³/mol. The standard InChI is InChI=1S/C25H21N5O3S/c1-16-4-3-5-21(8-16)33-22-7-6-17(9-19(22)11-26)15-34-25-29-14-20(23(31)30-25)10-18-12-27-24(32-2)28-13-18/h3-9,12-14H,10,15H2,1-2H3,(H,29,30,31). The molecular weight excluding hydrogens is 450 g/mol. The SMILES string of the molecule is COc1ncc(Cc2cnc(SCc3ccc(Oc4cccc(C)c4)c(C#N)c3)[nH]c2=O)cn1. The summed E-state index contributed by atoms with van der Waals surface area (Å²) in [7, 11) is 1.49. The molecule has 2 heterocycles. The van der Waals surface area contributed by atoms with Crippen LogP contribution in [0, 0.1) is 18.3 Å². The topological polar surface area (TPSA) is 114 Å². The van der Waals surface area contributed by atoms with Crippen molar-refractivity contribution in [3.63, 3.8) is 0 Å². The number of aromatic amines is 1. The van der Waals surface area contributed by atoms with Gasteiger partial charge in [0.25, 0.3) is 5.56 Å². The lowest BCUT2D eigenvalue weighted by Crippen LogP contribution is -2.15. The van der Waals surface area contributed by atoms with E-state index >= 15 is 0 Å². The molecule has 0 saturated heterocycles. The number of benzene rings is 2. The number of hydrogen-bond acceptors (Lipinski definition) is 8. The van der Waals surface area contributed by atoms with E-state index in [1.54, 1.807) is 30.7 Å². The van der Waals surface area contributed by atoms with Crippen LogP contribution in [-0.4, -0.2) is 27.0 Å². The van der Waals surface area contributed by atoms with Crippen LogP contribution < -0.4 is 15.0 Å². The number of nitrogens with zero attached hydrogens (tertiary/aromatic N) is 4. The maximum atomic E-state index is 12.5. The van der Waals surface area contributed by atoms with Gasteiger partial charge >= 0.3 is 6.01 Å². The zero-order chi connectivity index (χ0) is 23.9. The predicted octanol–water partition coefficient (Wildman–Crippen LogP) is 4.42. The molecule has 0 atom stereocenters. The molecule has 2 aromatic carbocycles. The number of H-pyrrole nitrogens is 1. The summed E-state index contributed by atoms with van der Waals surface area (Å²) in [5, 5.41) is 10.1. The summed E-state index contributed by atoms with van der Waals surface area (Å²) in [6.45, 7) is 1.98. The summed E-state index contributed by atoms with van der Waals surface area (Å²) in [6.07, 6.45) is 5.16. The van der Waals surface area contributed by atoms with Crippen molar-refractivity contribution in [3.05, 3.63) is 99.2 Å². The third-order valence-corrected chi connectivity index (χ3v) is 5.82. The molecule has 0 fully saturated rings. The van der Waals surface area contributed by atoms with E-state index in [4.69, 9.17) is 9.47 Å². The monoisotopic (exact) mass is 471 g/mol. The number of methoxy groups -OCH3 is 1. The Balaban J connectivity index is 1.41. The molecule has 0 radical (unpaired) electrons. The van der Waals surface area contributed by atoms with Gasteiger partial charge in [0.05, 0.1) is 12.7 Å². The lowest BCUT2D eigenvalue weighted by molar-refractivity contribution is 0.379. The number of nitriles is 1. The number of aromatic nitrogens is 4. The van der Waals surface area contributed by atoms with Gasteiger partial charge in [0.2, 0.25) is 0 Å². The van der Waals surface area contributed by atoms with Crippen LogP contribution in [0.5, 0.6) is 17.5 Å². The number of hydrogen-bond donors (Lipinski definition) is 1. The second-order valence-electron chi connectivity index (χ2n) is 7.45. The second-order valence-corrected chi connectivity index (χ2v) is 8.41. The minimum absolute atomic E-state index is 0.215. The van der Waals surface area contributed by atoms with Gasteiger partial charge in [-0.1, -0.05) is 30.0 Å². The molecular formula is C25H21N5O3S. The highest BCUT2D eigenvalue weighted by atomic mass is 32.2. The van der Waals surface area contributed by atoms with Crippen LogP contribution >= 0.6 is 11.8 Å². The Kier molecular flexibility index (Phi) is 7.20. The van der Waals surface area contributed by atoms with Gasteiger partial charge in [-0.05, 0) is 47.9 Å². The van der Waals surface area contributed by atoms with Crippen LogP contribution in [-0.2, 0) is 12.2 Å². The Morgan fingerprint density at radius 1 is 1.06 bits per heavy atom. The quantitative estimate of drug-likeness (QED) is 0.297. The maximum absolute atomic E-state index is 12.5. The van der Waals surface area contributed by atoms with Crippen LogP contribution in [0.25, 0.3) is 0 Å². The van der Waals surface area contributed by atoms with Gasteiger partial charge in [0.1, 0.15) is 17.6 Å². The third kappa shape index (κ3) is 5.79. The van der Waals surface area contributed by atoms with Crippen molar-refractivity contribution in [2.45, 2.75) is 24.3 Å². The van der Waals surface area contributed by atoms with Crippen molar-refractivity contribution >= 4 is 11.8 Å². The van der Waals surface area contributed by atoms with E-state index in [1.165, 1.54) is 18.9 Å². The van der Waals surface area contributed by atoms with Gasteiger partial charge in [-0.2, -0.15) is 5.26 Å². The second kappa shape index (κ2) is 10.6. The Labute approximate surface area is 200 Å². The summed E-state index contributed by atoms with van der Waals surface area (Å²) in [5.74, 6) is 1.72. The van der Waals surface area contributed by atoms with Crippen molar-refractivity contribution in [1.29, 1.82) is 5.26 Å². The van der Waals surface area contributed by atoms with Crippen molar-refractivity contribution in [2.75, 3.05) is 7.11 Å². The van der Waals surface area contributed by atoms with Gasteiger partial charge in [0.15, 0.2) is 5.16 Å². The van der Waals surface area contributed by atoms with Gasteiger partial charge in [0, 0.05) is 36.3 Å². The molecule has 4 aromatic rings. The van der Waals surface area contributed by atoms with Crippen LogP contribution in [0.2, 0.25) is 0 Å². The summed E-state index contributed by atoms with van der Waals surface area (Å²) < 4.78 is 10.8. The largest absolute Gasteiger partial charge is 0.467 e. The van der Waals surface area contributed by atoms with Gasteiger partial charge in [-0.15, -0.1) is 0 Å². The molecule has 170 valence electrons. The highest BCUT2D eigenvalue weighted by molar-refractivity contribution is 7.98. The average Bonchev–Trinajstić information content (AvgIpc) is 2.85. The molecule has 1 N–H and O–H groups in total. The Bertz CT molecular complexity index is 1400. The number of rotatable bonds is 8. The molecule has 9 heteroatoms. The number of nitrogens with one attached hydrogen (secondary N) is 1. The average molecular weight is 472 g/mol. The summed E-state index contributed by atoms with van der Waals surface area (Å²) in [6, 6.07) is 15.6. The molecule has 0 unspecified atom stereocenters. The molecule has 0 bridgehead atoms. The number of thioether (sulfide) groups is 1. The minimum atomic E-state index is -0.215. The number of ether oxygens (including phenoxy) is 2. The van der Waals surface area contributed by atoms with Crippen LogP contribution in [0.1, 0.15) is 27.8 Å². The molecule has 2 aromatic heterocycles. The lowest BCUT2D eigenvalue weighted by Gasteiger charge is -2.10. The molecule has 4 rings (SSSR count). The molecule has 0 amide bonds. The molecule has 0 saturated carbocycles. The summed E-state index contributed by atoms with van der Waals surface area (Å²) >= 11 is 1.38. The van der Waals surface area contributed by atoms with Crippen LogP contribution in [0.15, 0.2) is 71.0 Å². The first kappa shape index (κ1) is 23.0. The van der Waals surface area contributed by atoms with E-state index < -0.39 is 0 Å². The molecule has 8 nitrogen and oxygen atoms in total. The van der Waals surface area contributed by atoms with E-state index in [2.05, 4.69) is 26.0 Å². The summed E-state index contributed by atoms with van der Waals surface area (Å²) in [5.41, 5.74) is 3.52. The van der Waals surface area contributed by atoms with E-state index in [1.807, 2.05) is 37.3 Å². The van der Waals surface area contributed by atoms with Crippen molar-refractivity contribution in [2.24, 2.45) is 0 Å². The fraction of sp³-hybridized carbons (Fsp3) is 0.160. The lowest BCUT2D eigenvalue weighted by atomic mass is 10.1. The highest BCUT2D eigenvalue weighted by Crippen LogP contribution is 2.28. The molecule has 0 aliphatic heterocycles. The zero-order valence-electron chi connectivity index (χ0n) is 18.6. The van der Waals surface area contributed by atoms with Crippen molar-refractivity contribution < 1.29 is 9.47 Å². The molecule has 0 aliphatic rings. The first-order valence-electron chi connectivity index (χ1n) is 10.4. The first-order chi connectivity index (χ1) is 16.5. The number of aryl methyl sites for hydroxylation is 1. The minimum Gasteiger partial charge on any atom is -0.467 e. The van der Waals surface area contributed by atoms with Crippen molar-refractivity contribution in [1.82, 2.24) is 19.9 Å². The molecule has 0 aliphatic carbocycles. The van der Waals surface area contributed by atoms with E-state index in [9.17, 15) is 10.1 Å². The molecule has 34 heavy (non-hydrogen) atoms. The van der Waals surface area contributed by atoms with Crippen LogP contribution in [0.4, 0.5) is 0 Å². The first-order valence-corrected chi connectivity index (χ1v) is 11.4. The fourth-order valence-electron chi connectivity index (χ4n) is 3.16.